The number of amides is 1. The van der Waals surface area contributed by atoms with Crippen molar-refractivity contribution in [1.82, 2.24) is 10.3 Å². The minimum Gasteiger partial charge on any atom is -0.454 e. The van der Waals surface area contributed by atoms with Crippen molar-refractivity contribution in [1.29, 1.82) is 0 Å². The maximum Gasteiger partial charge on any atom is 0.270 e. The second-order valence-corrected chi connectivity index (χ2v) is 9.85. The Morgan fingerprint density at radius 1 is 1.17 bits per heavy atom. The lowest BCUT2D eigenvalue weighted by molar-refractivity contribution is -0.152. The molecule has 36 heavy (non-hydrogen) atoms. The second kappa shape index (κ2) is 7.41. The molecule has 0 radical (unpaired) electrons. The standard InChI is InChI=1S/C28H25N3O5/c1-14(2)15-10-11-18-22(13-15)36-28(35)19-8-5-9-20(29)23(19)24(32)27(18,28)31-26(34)21-12-16-6-3-4-7-17(16)25(33)30-21/h3-4,6-8,10-14,35H,5,9,29H2,1-2H3,(H,30,33)(H,31,34). The molecule has 2 unspecified atom stereocenters. The van der Waals surface area contributed by atoms with Gasteiger partial charge in [0, 0.05) is 27.8 Å². The summed E-state index contributed by atoms with van der Waals surface area (Å²) in [7, 11) is 0. The van der Waals surface area contributed by atoms with Gasteiger partial charge in [0.05, 0.1) is 0 Å². The summed E-state index contributed by atoms with van der Waals surface area (Å²) in [5, 5.41) is 15.8. The first-order valence-corrected chi connectivity index (χ1v) is 11.9. The van der Waals surface area contributed by atoms with E-state index in [4.69, 9.17) is 10.5 Å². The number of fused-ring (bicyclic) bond motifs is 6. The highest BCUT2D eigenvalue weighted by molar-refractivity contribution is 6.16. The molecule has 2 aliphatic carbocycles. The average molecular weight is 484 g/mol. The van der Waals surface area contributed by atoms with Crippen molar-refractivity contribution in [2.75, 3.05) is 0 Å². The van der Waals surface area contributed by atoms with Crippen molar-refractivity contribution in [2.24, 2.45) is 5.73 Å². The number of rotatable bonds is 3. The minimum absolute atomic E-state index is 0.0405. The molecule has 8 nitrogen and oxygen atoms in total. The van der Waals surface area contributed by atoms with Crippen LogP contribution < -0.4 is 21.3 Å². The Hall–Kier alpha value is -4.17. The van der Waals surface area contributed by atoms with Crippen LogP contribution in [0.15, 0.2) is 76.2 Å². The van der Waals surface area contributed by atoms with Gasteiger partial charge in [0.2, 0.25) is 11.3 Å². The van der Waals surface area contributed by atoms with E-state index in [-0.39, 0.29) is 22.8 Å². The molecule has 1 aromatic heterocycles. The molecule has 3 aromatic rings. The molecule has 2 heterocycles. The number of benzene rings is 2. The molecule has 1 saturated carbocycles. The average Bonchev–Trinajstić information content (AvgIpc) is 3.21. The molecule has 2 atom stereocenters. The van der Waals surface area contributed by atoms with Crippen LogP contribution >= 0.6 is 0 Å². The van der Waals surface area contributed by atoms with Gasteiger partial charge in [-0.05, 0) is 47.9 Å². The Labute approximate surface area is 206 Å². The summed E-state index contributed by atoms with van der Waals surface area (Å²) in [5.41, 5.74) is 5.86. The summed E-state index contributed by atoms with van der Waals surface area (Å²) in [4.78, 5) is 42.9. The largest absolute Gasteiger partial charge is 0.454 e. The lowest BCUT2D eigenvalue weighted by Gasteiger charge is -2.34. The molecule has 0 saturated heterocycles. The molecule has 3 aliphatic rings. The van der Waals surface area contributed by atoms with Crippen LogP contribution in [0.5, 0.6) is 5.75 Å². The van der Waals surface area contributed by atoms with E-state index in [0.29, 0.717) is 40.6 Å². The highest BCUT2D eigenvalue weighted by Gasteiger charge is 2.74. The third-order valence-corrected chi connectivity index (χ3v) is 7.43. The van der Waals surface area contributed by atoms with Gasteiger partial charge >= 0.3 is 0 Å². The third-order valence-electron chi connectivity index (χ3n) is 7.43. The predicted molar refractivity (Wildman–Crippen MR) is 133 cm³/mol. The number of aliphatic hydroxyl groups is 1. The first kappa shape index (κ1) is 22.3. The molecule has 1 fully saturated rings. The van der Waals surface area contributed by atoms with Gasteiger partial charge in [-0.2, -0.15) is 0 Å². The number of aromatic nitrogens is 1. The summed E-state index contributed by atoms with van der Waals surface area (Å²) in [6, 6.07) is 13.8. The molecule has 0 bridgehead atoms. The van der Waals surface area contributed by atoms with E-state index in [1.54, 1.807) is 48.5 Å². The number of hydrogen-bond donors (Lipinski definition) is 4. The van der Waals surface area contributed by atoms with Crippen molar-refractivity contribution in [3.05, 3.63) is 98.6 Å². The van der Waals surface area contributed by atoms with Gasteiger partial charge in [0.1, 0.15) is 11.4 Å². The fraction of sp³-hybridized carbons (Fsp3) is 0.250. The summed E-state index contributed by atoms with van der Waals surface area (Å²) >= 11 is 0. The molecule has 2 aromatic carbocycles. The quantitative estimate of drug-likeness (QED) is 0.453. The van der Waals surface area contributed by atoms with Crippen molar-refractivity contribution in [2.45, 2.75) is 43.9 Å². The maximum absolute atomic E-state index is 14.1. The van der Waals surface area contributed by atoms with Crippen LogP contribution in [0.2, 0.25) is 0 Å². The second-order valence-electron chi connectivity index (χ2n) is 9.85. The van der Waals surface area contributed by atoms with E-state index in [1.165, 1.54) is 0 Å². The number of nitrogens with two attached hydrogens (primary N) is 1. The Bertz CT molecular complexity index is 1610. The fourth-order valence-electron chi connectivity index (χ4n) is 5.56. The van der Waals surface area contributed by atoms with Gasteiger partial charge in [-0.3, -0.25) is 14.4 Å². The molecular formula is C28H25N3O5. The lowest BCUT2D eigenvalue weighted by atomic mass is 9.83. The summed E-state index contributed by atoms with van der Waals surface area (Å²) < 4.78 is 6.12. The van der Waals surface area contributed by atoms with Crippen molar-refractivity contribution in [3.8, 4) is 5.75 Å². The Kier molecular flexibility index (Phi) is 4.59. The first-order valence-electron chi connectivity index (χ1n) is 11.9. The van der Waals surface area contributed by atoms with Crippen molar-refractivity contribution in [3.63, 3.8) is 0 Å². The summed E-state index contributed by atoms with van der Waals surface area (Å²) in [6.07, 6.45) is 2.73. The molecule has 5 N–H and O–H groups in total. The van der Waals surface area contributed by atoms with Crippen LogP contribution in [-0.4, -0.2) is 27.6 Å². The smallest absolute Gasteiger partial charge is 0.270 e. The van der Waals surface area contributed by atoms with E-state index >= 15 is 0 Å². The molecule has 8 heteroatoms. The van der Waals surface area contributed by atoms with E-state index in [9.17, 15) is 19.5 Å². The van der Waals surface area contributed by atoms with E-state index < -0.39 is 28.6 Å². The molecule has 6 rings (SSSR count). The molecule has 1 aliphatic heterocycles. The number of nitrogens with one attached hydrogen (secondary N) is 2. The molecular weight excluding hydrogens is 458 g/mol. The van der Waals surface area contributed by atoms with E-state index in [1.807, 2.05) is 19.9 Å². The Morgan fingerprint density at radius 2 is 1.94 bits per heavy atom. The van der Waals surface area contributed by atoms with Crippen LogP contribution in [0.4, 0.5) is 0 Å². The maximum atomic E-state index is 14.1. The van der Waals surface area contributed by atoms with Gasteiger partial charge in [0.15, 0.2) is 0 Å². The number of Topliss-reactive ketones (excluding diaryl/α,β-unsaturated/α-hetero) is 1. The number of pyridine rings is 1. The zero-order chi connectivity index (χ0) is 25.4. The van der Waals surface area contributed by atoms with Crippen LogP contribution in [0, 0.1) is 0 Å². The number of H-pyrrole nitrogens is 1. The van der Waals surface area contributed by atoms with E-state index in [2.05, 4.69) is 10.3 Å². The fourth-order valence-corrected chi connectivity index (χ4v) is 5.56. The van der Waals surface area contributed by atoms with Gasteiger partial charge in [-0.1, -0.05) is 50.3 Å². The van der Waals surface area contributed by atoms with Crippen LogP contribution in [0.3, 0.4) is 0 Å². The van der Waals surface area contributed by atoms with Gasteiger partial charge in [0.25, 0.3) is 17.3 Å². The van der Waals surface area contributed by atoms with Crippen LogP contribution in [0.25, 0.3) is 10.8 Å². The van der Waals surface area contributed by atoms with Crippen molar-refractivity contribution >= 4 is 22.5 Å². The molecule has 0 spiro atoms. The SMILES string of the molecule is CC(C)c1ccc2c(c1)OC1(O)C3=CCCC(N)=C3C(=O)C21NC(=O)c1cc2ccccc2c(=O)[nH]1. The summed E-state index contributed by atoms with van der Waals surface area (Å²) in [6.45, 7) is 4.05. The van der Waals surface area contributed by atoms with Crippen LogP contribution in [-0.2, 0) is 10.3 Å². The number of carbonyl (C=O) groups is 2. The monoisotopic (exact) mass is 483 g/mol. The van der Waals surface area contributed by atoms with Gasteiger partial charge < -0.3 is 25.9 Å². The van der Waals surface area contributed by atoms with E-state index in [0.717, 1.165) is 5.56 Å². The zero-order valence-corrected chi connectivity index (χ0v) is 19.8. The Balaban J connectivity index is 1.55. The zero-order valence-electron chi connectivity index (χ0n) is 19.8. The number of hydrogen-bond acceptors (Lipinski definition) is 6. The first-order chi connectivity index (χ1) is 17.2. The van der Waals surface area contributed by atoms with Gasteiger partial charge in [-0.25, -0.2) is 0 Å². The van der Waals surface area contributed by atoms with Gasteiger partial charge in [-0.15, -0.1) is 0 Å². The highest BCUT2D eigenvalue weighted by atomic mass is 16.6. The topological polar surface area (TPSA) is 135 Å². The number of ketones is 1. The highest BCUT2D eigenvalue weighted by Crippen LogP contribution is 2.59. The van der Waals surface area contributed by atoms with Crippen molar-refractivity contribution < 1.29 is 19.4 Å². The number of ether oxygens (including phenoxy) is 1. The number of aromatic amines is 1. The summed E-state index contributed by atoms with van der Waals surface area (Å²) in [5.74, 6) is -2.96. The lowest BCUT2D eigenvalue weighted by Crippen LogP contribution is -2.62. The number of carbonyl (C=O) groups excluding carboxylic acids is 2. The molecule has 1 amide bonds. The third kappa shape index (κ3) is 2.76. The minimum atomic E-state index is -2.19. The molecule has 182 valence electrons. The number of allylic oxidation sites excluding steroid dienone is 2. The predicted octanol–water partition coefficient (Wildman–Crippen LogP) is 2.87. The van der Waals surface area contributed by atoms with Crippen LogP contribution in [0.1, 0.15) is 54.2 Å². The Morgan fingerprint density at radius 3 is 2.72 bits per heavy atom. The normalized spacial score (nSPS) is 24.3.